The molecular formula is C28H24S4. The third-order valence-electron chi connectivity index (χ3n) is 5.94. The molecule has 0 bridgehead atoms. The highest BCUT2D eigenvalue weighted by Gasteiger charge is 2.10. The molecule has 0 fully saturated rings. The number of hydrogen-bond donors (Lipinski definition) is 0. The monoisotopic (exact) mass is 488 g/mol. The standard InChI is InChI=1S/C28H24S4/c1-3-5-17-13-21-23-15-19(31-27(23)11-9-25(21)29-17)7-8-20-16-24-22-14-18(6-4-2)30-26(22)10-12-28(24)32-20/h7-16H,3-6H2,1-2H3/b8-7+. The summed E-state index contributed by atoms with van der Waals surface area (Å²) in [6, 6.07) is 18.8. The van der Waals surface area contributed by atoms with Gasteiger partial charge in [-0.05, 0) is 73.5 Å². The smallest absolute Gasteiger partial charge is 0.0356 e. The molecule has 6 rings (SSSR count). The molecule has 0 saturated heterocycles. The van der Waals surface area contributed by atoms with Gasteiger partial charge in [-0.15, -0.1) is 45.3 Å². The fourth-order valence-electron chi connectivity index (χ4n) is 4.47. The first-order valence-electron chi connectivity index (χ1n) is 11.3. The molecule has 4 heteroatoms. The van der Waals surface area contributed by atoms with Crippen molar-refractivity contribution < 1.29 is 0 Å². The van der Waals surface area contributed by atoms with Crippen molar-refractivity contribution in [1.82, 2.24) is 0 Å². The molecule has 4 aromatic heterocycles. The van der Waals surface area contributed by atoms with Gasteiger partial charge in [-0.2, -0.15) is 0 Å². The Kier molecular flexibility index (Phi) is 5.42. The number of aryl methyl sites for hydroxylation is 2. The van der Waals surface area contributed by atoms with Crippen LogP contribution in [0.4, 0.5) is 0 Å². The third kappa shape index (κ3) is 3.63. The van der Waals surface area contributed by atoms with Crippen molar-refractivity contribution in [2.45, 2.75) is 39.5 Å². The van der Waals surface area contributed by atoms with Crippen LogP contribution >= 0.6 is 45.3 Å². The van der Waals surface area contributed by atoms with Gasteiger partial charge in [0.1, 0.15) is 0 Å². The average Bonchev–Trinajstić information content (AvgIpc) is 3.54. The van der Waals surface area contributed by atoms with Crippen LogP contribution in [0.15, 0.2) is 48.5 Å². The lowest BCUT2D eigenvalue weighted by Gasteiger charge is -1.90. The number of hydrogen-bond acceptors (Lipinski definition) is 4. The van der Waals surface area contributed by atoms with Gasteiger partial charge in [0.15, 0.2) is 0 Å². The van der Waals surface area contributed by atoms with Crippen LogP contribution in [0.5, 0.6) is 0 Å². The largest absolute Gasteiger partial charge is 0.140 e. The molecule has 32 heavy (non-hydrogen) atoms. The fourth-order valence-corrected chi connectivity index (χ4v) is 8.80. The van der Waals surface area contributed by atoms with E-state index in [0.29, 0.717) is 0 Å². The second-order valence-corrected chi connectivity index (χ2v) is 12.9. The SMILES string of the molecule is CCCc1cc2c(ccc3sc(/C=C/c4cc5c(ccc6sc(CCC)cc65)s4)cc32)s1. The van der Waals surface area contributed by atoms with Crippen molar-refractivity contribution in [3.8, 4) is 0 Å². The van der Waals surface area contributed by atoms with Crippen LogP contribution in [0.2, 0.25) is 0 Å². The van der Waals surface area contributed by atoms with Crippen LogP contribution < -0.4 is 0 Å². The first-order chi connectivity index (χ1) is 15.7. The van der Waals surface area contributed by atoms with Crippen LogP contribution in [-0.4, -0.2) is 0 Å². The molecule has 2 aromatic carbocycles. The number of rotatable bonds is 6. The molecule has 0 radical (unpaired) electrons. The van der Waals surface area contributed by atoms with Gasteiger partial charge in [0.2, 0.25) is 0 Å². The minimum absolute atomic E-state index is 1.18. The van der Waals surface area contributed by atoms with E-state index in [-0.39, 0.29) is 0 Å². The topological polar surface area (TPSA) is 0 Å². The highest BCUT2D eigenvalue weighted by molar-refractivity contribution is 7.22. The summed E-state index contributed by atoms with van der Waals surface area (Å²) in [6.45, 7) is 4.52. The van der Waals surface area contributed by atoms with Crippen molar-refractivity contribution in [2.75, 3.05) is 0 Å². The van der Waals surface area contributed by atoms with Gasteiger partial charge in [0, 0.05) is 59.9 Å². The van der Waals surface area contributed by atoms with Gasteiger partial charge >= 0.3 is 0 Å². The van der Waals surface area contributed by atoms with E-state index in [9.17, 15) is 0 Å². The molecule has 0 spiro atoms. The van der Waals surface area contributed by atoms with Crippen LogP contribution in [0.1, 0.15) is 46.2 Å². The van der Waals surface area contributed by atoms with Crippen molar-refractivity contribution in [2.24, 2.45) is 0 Å². The van der Waals surface area contributed by atoms with Crippen LogP contribution in [-0.2, 0) is 12.8 Å². The normalized spacial score (nSPS) is 12.4. The Balaban J connectivity index is 1.36. The zero-order valence-corrected chi connectivity index (χ0v) is 21.5. The molecule has 160 valence electrons. The maximum Gasteiger partial charge on any atom is 0.0356 e. The quantitative estimate of drug-likeness (QED) is 0.219. The van der Waals surface area contributed by atoms with E-state index in [1.54, 1.807) is 0 Å². The zero-order chi connectivity index (χ0) is 21.7. The highest BCUT2D eigenvalue weighted by atomic mass is 32.1. The van der Waals surface area contributed by atoms with Crippen molar-refractivity contribution in [1.29, 1.82) is 0 Å². The lowest BCUT2D eigenvalue weighted by atomic mass is 10.1. The average molecular weight is 489 g/mol. The zero-order valence-electron chi connectivity index (χ0n) is 18.2. The summed E-state index contributed by atoms with van der Waals surface area (Å²) in [6.07, 6.45) is 9.38. The minimum atomic E-state index is 1.18. The highest BCUT2D eigenvalue weighted by Crippen LogP contribution is 2.39. The molecule has 0 aliphatic rings. The molecule has 0 unspecified atom stereocenters. The van der Waals surface area contributed by atoms with Gasteiger partial charge in [-0.3, -0.25) is 0 Å². The van der Waals surface area contributed by atoms with E-state index >= 15 is 0 Å². The predicted octanol–water partition coefficient (Wildman–Crippen LogP) is 10.6. The summed E-state index contributed by atoms with van der Waals surface area (Å²) in [7, 11) is 0. The second kappa shape index (κ2) is 8.42. The fraction of sp³-hybridized carbons (Fsp3) is 0.214. The van der Waals surface area contributed by atoms with E-state index in [1.165, 1.54) is 85.5 Å². The van der Waals surface area contributed by atoms with Crippen LogP contribution in [0, 0.1) is 0 Å². The van der Waals surface area contributed by atoms with Crippen molar-refractivity contribution in [3.05, 3.63) is 68.0 Å². The summed E-state index contributed by atoms with van der Waals surface area (Å²) in [5.41, 5.74) is 0. The molecule has 0 amide bonds. The second-order valence-electron chi connectivity index (χ2n) is 8.33. The predicted molar refractivity (Wildman–Crippen MR) is 151 cm³/mol. The Bertz CT molecular complexity index is 1480. The first kappa shape index (κ1) is 20.6. The lowest BCUT2D eigenvalue weighted by Crippen LogP contribution is -1.72. The first-order valence-corrected chi connectivity index (χ1v) is 14.6. The van der Waals surface area contributed by atoms with Gasteiger partial charge in [-0.1, -0.05) is 26.7 Å². The number of fused-ring (bicyclic) bond motifs is 6. The molecule has 0 aliphatic carbocycles. The Morgan fingerprint density at radius 1 is 0.531 bits per heavy atom. The molecule has 0 aliphatic heterocycles. The minimum Gasteiger partial charge on any atom is -0.140 e. The summed E-state index contributed by atoms with van der Waals surface area (Å²) in [5.74, 6) is 0. The van der Waals surface area contributed by atoms with E-state index in [2.05, 4.69) is 74.5 Å². The summed E-state index contributed by atoms with van der Waals surface area (Å²) >= 11 is 7.70. The van der Waals surface area contributed by atoms with Gasteiger partial charge in [0.25, 0.3) is 0 Å². The summed E-state index contributed by atoms with van der Waals surface area (Å²) in [4.78, 5) is 5.68. The molecule has 6 aromatic rings. The summed E-state index contributed by atoms with van der Waals surface area (Å²) in [5, 5.41) is 5.67. The van der Waals surface area contributed by atoms with E-state index < -0.39 is 0 Å². The maximum absolute atomic E-state index is 2.41. The van der Waals surface area contributed by atoms with Crippen molar-refractivity contribution >= 4 is 97.8 Å². The Morgan fingerprint density at radius 2 is 0.906 bits per heavy atom. The third-order valence-corrected chi connectivity index (χ3v) is 10.4. The molecule has 0 atom stereocenters. The van der Waals surface area contributed by atoms with Gasteiger partial charge in [0.05, 0.1) is 0 Å². The Hall–Kier alpha value is -1.98. The molecular weight excluding hydrogens is 465 g/mol. The Morgan fingerprint density at radius 3 is 1.31 bits per heavy atom. The van der Waals surface area contributed by atoms with Gasteiger partial charge in [-0.25, -0.2) is 0 Å². The number of benzene rings is 2. The van der Waals surface area contributed by atoms with E-state index in [0.717, 1.165) is 0 Å². The van der Waals surface area contributed by atoms with Crippen LogP contribution in [0.25, 0.3) is 52.5 Å². The number of thiophene rings is 4. The van der Waals surface area contributed by atoms with Crippen LogP contribution in [0.3, 0.4) is 0 Å². The van der Waals surface area contributed by atoms with Crippen molar-refractivity contribution in [3.63, 3.8) is 0 Å². The summed E-state index contributed by atoms with van der Waals surface area (Å²) < 4.78 is 5.61. The van der Waals surface area contributed by atoms with E-state index in [1.807, 2.05) is 45.3 Å². The Labute approximate surface area is 204 Å². The van der Waals surface area contributed by atoms with Gasteiger partial charge < -0.3 is 0 Å². The molecule has 4 heterocycles. The molecule has 0 nitrogen and oxygen atoms in total. The molecule has 0 N–H and O–H groups in total. The maximum atomic E-state index is 2.41. The lowest BCUT2D eigenvalue weighted by molar-refractivity contribution is 0.941. The van der Waals surface area contributed by atoms with E-state index in [4.69, 9.17) is 0 Å². The molecule has 0 saturated carbocycles.